The molecule has 0 radical (unpaired) electrons. The Morgan fingerprint density at radius 3 is 2.30 bits per heavy atom. The van der Waals surface area contributed by atoms with E-state index in [1.807, 2.05) is 37.3 Å². The van der Waals surface area contributed by atoms with E-state index in [1.54, 1.807) is 55.8 Å². The number of imide groups is 1. The van der Waals surface area contributed by atoms with Crippen LogP contribution >= 0.6 is 0 Å². The number of hydrogen-bond donors (Lipinski definition) is 1. The van der Waals surface area contributed by atoms with Crippen molar-refractivity contribution in [1.82, 2.24) is 20.2 Å². The summed E-state index contributed by atoms with van der Waals surface area (Å²) in [5.41, 5.74) is 5.19. The number of fused-ring (bicyclic) bond motifs is 1. The lowest BCUT2D eigenvalue weighted by atomic mass is 10.0. The van der Waals surface area contributed by atoms with Gasteiger partial charge < -0.3 is 10.2 Å². The average Bonchev–Trinajstić information content (AvgIpc) is 3.23. The molecule has 1 aliphatic heterocycles. The fraction of sp³-hybridized carbons (Fsp3) is 0.161. The van der Waals surface area contributed by atoms with Crippen molar-refractivity contribution < 1.29 is 19.2 Å². The molecule has 0 unspecified atom stereocenters. The van der Waals surface area contributed by atoms with E-state index >= 15 is 0 Å². The van der Waals surface area contributed by atoms with Gasteiger partial charge in [-0.25, -0.2) is 0 Å². The zero-order chi connectivity index (χ0) is 28.2. The molecular weight excluding hydrogens is 506 g/mol. The zero-order valence-electron chi connectivity index (χ0n) is 22.1. The van der Waals surface area contributed by atoms with Gasteiger partial charge in [0.2, 0.25) is 5.91 Å². The van der Waals surface area contributed by atoms with Gasteiger partial charge in [0.15, 0.2) is 0 Å². The van der Waals surface area contributed by atoms with Gasteiger partial charge in [-0.1, -0.05) is 24.3 Å². The number of carbonyl (C=O) groups excluding carboxylic acids is 4. The zero-order valence-corrected chi connectivity index (χ0v) is 22.1. The van der Waals surface area contributed by atoms with E-state index in [-0.39, 0.29) is 36.6 Å². The van der Waals surface area contributed by atoms with Gasteiger partial charge in [0, 0.05) is 56.4 Å². The van der Waals surface area contributed by atoms with Crippen LogP contribution in [0.3, 0.4) is 0 Å². The Morgan fingerprint density at radius 1 is 0.925 bits per heavy atom. The van der Waals surface area contributed by atoms with Crippen molar-refractivity contribution >= 4 is 29.3 Å². The predicted octanol–water partition coefficient (Wildman–Crippen LogP) is 4.03. The fourth-order valence-corrected chi connectivity index (χ4v) is 4.63. The highest BCUT2D eigenvalue weighted by Crippen LogP contribution is 2.27. The molecule has 0 aliphatic carbocycles. The van der Waals surface area contributed by atoms with Crippen LogP contribution in [-0.2, 0) is 11.3 Å². The fourth-order valence-electron chi connectivity index (χ4n) is 4.63. The molecule has 0 spiro atoms. The summed E-state index contributed by atoms with van der Waals surface area (Å²) in [5.74, 6) is -1.19. The number of hydrogen-bond acceptors (Lipinski definition) is 6. The highest BCUT2D eigenvalue weighted by Gasteiger charge is 2.35. The van der Waals surface area contributed by atoms with Gasteiger partial charge in [-0.2, -0.15) is 0 Å². The van der Waals surface area contributed by atoms with Gasteiger partial charge >= 0.3 is 0 Å². The van der Waals surface area contributed by atoms with Gasteiger partial charge in [-0.05, 0) is 60.5 Å². The van der Waals surface area contributed by atoms with Crippen molar-refractivity contribution in [2.75, 3.05) is 18.5 Å². The van der Waals surface area contributed by atoms with E-state index in [0.717, 1.165) is 21.6 Å². The minimum absolute atomic E-state index is 0.00895. The minimum Gasteiger partial charge on any atom is -0.348 e. The van der Waals surface area contributed by atoms with Crippen LogP contribution in [0.5, 0.6) is 0 Å². The van der Waals surface area contributed by atoms with E-state index in [0.29, 0.717) is 34.6 Å². The number of nitrogens with one attached hydrogen (secondary N) is 1. The van der Waals surface area contributed by atoms with Crippen LogP contribution in [0.2, 0.25) is 0 Å². The summed E-state index contributed by atoms with van der Waals surface area (Å²) in [7, 11) is 1.67. The van der Waals surface area contributed by atoms with Gasteiger partial charge in [-0.15, -0.1) is 0 Å². The minimum atomic E-state index is -0.374. The molecule has 0 saturated carbocycles. The van der Waals surface area contributed by atoms with Crippen LogP contribution in [0.4, 0.5) is 5.69 Å². The van der Waals surface area contributed by atoms with Crippen LogP contribution in [0.1, 0.15) is 48.6 Å². The maximum atomic E-state index is 13.0. The SMILES string of the molecule is Cc1cc(-c2ccc(C(=O)NCc3cccnc3)cn2)ccc1N(C)C(=O)CCN1C(=O)c2ccccc2C1=O. The summed E-state index contributed by atoms with van der Waals surface area (Å²) in [5, 5.41) is 2.85. The maximum Gasteiger partial charge on any atom is 0.261 e. The summed E-state index contributed by atoms with van der Waals surface area (Å²) in [4.78, 5) is 61.8. The number of aryl methyl sites for hydroxylation is 1. The summed E-state index contributed by atoms with van der Waals surface area (Å²) in [6.07, 6.45) is 4.92. The number of aromatic nitrogens is 2. The second-order valence-electron chi connectivity index (χ2n) is 9.49. The molecule has 0 bridgehead atoms. The molecule has 0 saturated heterocycles. The van der Waals surface area contributed by atoms with Gasteiger partial charge in [0.25, 0.3) is 17.7 Å². The third kappa shape index (κ3) is 5.35. The molecule has 0 atom stereocenters. The number of carbonyl (C=O) groups is 4. The summed E-state index contributed by atoms with van der Waals surface area (Å²) in [6, 6.07) is 19.5. The molecule has 9 heteroatoms. The first-order valence-electron chi connectivity index (χ1n) is 12.8. The molecule has 40 heavy (non-hydrogen) atoms. The molecule has 1 N–H and O–H groups in total. The monoisotopic (exact) mass is 533 g/mol. The van der Waals surface area contributed by atoms with Crippen molar-refractivity contribution in [3.63, 3.8) is 0 Å². The molecule has 1 aliphatic rings. The number of benzene rings is 2. The highest BCUT2D eigenvalue weighted by atomic mass is 16.2. The molecule has 200 valence electrons. The van der Waals surface area contributed by atoms with E-state index in [4.69, 9.17) is 0 Å². The van der Waals surface area contributed by atoms with Crippen LogP contribution in [-0.4, -0.2) is 52.1 Å². The van der Waals surface area contributed by atoms with Gasteiger partial charge in [0.1, 0.15) is 0 Å². The molecule has 2 aromatic heterocycles. The number of amides is 4. The van der Waals surface area contributed by atoms with E-state index < -0.39 is 0 Å². The Kier molecular flexibility index (Phi) is 7.46. The third-order valence-electron chi connectivity index (χ3n) is 6.86. The quantitative estimate of drug-likeness (QED) is 0.342. The Bertz CT molecular complexity index is 1570. The molecular formula is C31H27N5O4. The number of nitrogens with zero attached hydrogens (tertiary/aromatic N) is 4. The van der Waals surface area contributed by atoms with Gasteiger partial charge in [-0.3, -0.25) is 34.0 Å². The standard InChI is InChI=1S/C31H27N5O4/c1-20-16-22(26-11-9-23(19-33-26)29(38)34-18-21-6-5-14-32-17-21)10-12-27(20)35(2)28(37)13-15-36-30(39)24-7-3-4-8-25(24)31(36)40/h3-12,14,16-17,19H,13,15,18H2,1-2H3,(H,34,38). The van der Waals surface area contributed by atoms with E-state index in [1.165, 1.54) is 11.1 Å². The summed E-state index contributed by atoms with van der Waals surface area (Å²) >= 11 is 0. The van der Waals surface area contributed by atoms with Crippen molar-refractivity contribution in [2.24, 2.45) is 0 Å². The average molecular weight is 534 g/mol. The lowest BCUT2D eigenvalue weighted by Crippen LogP contribution is -2.35. The van der Waals surface area contributed by atoms with Crippen molar-refractivity contribution in [3.8, 4) is 11.3 Å². The van der Waals surface area contributed by atoms with Crippen molar-refractivity contribution in [3.05, 3.63) is 113 Å². The molecule has 4 amide bonds. The van der Waals surface area contributed by atoms with Crippen molar-refractivity contribution in [2.45, 2.75) is 19.9 Å². The molecule has 5 rings (SSSR count). The largest absolute Gasteiger partial charge is 0.348 e. The van der Waals surface area contributed by atoms with Crippen molar-refractivity contribution in [1.29, 1.82) is 0 Å². The second-order valence-corrected chi connectivity index (χ2v) is 9.49. The lowest BCUT2D eigenvalue weighted by molar-refractivity contribution is -0.118. The summed E-state index contributed by atoms with van der Waals surface area (Å²) < 4.78 is 0. The lowest BCUT2D eigenvalue weighted by Gasteiger charge is -2.21. The maximum absolute atomic E-state index is 13.0. The Morgan fingerprint density at radius 2 is 1.68 bits per heavy atom. The Balaban J connectivity index is 1.20. The molecule has 4 aromatic rings. The predicted molar refractivity (Wildman–Crippen MR) is 150 cm³/mol. The first kappa shape index (κ1) is 26.4. The highest BCUT2D eigenvalue weighted by molar-refractivity contribution is 6.21. The Labute approximate surface area is 231 Å². The van der Waals surface area contributed by atoms with Crippen LogP contribution < -0.4 is 10.2 Å². The smallest absolute Gasteiger partial charge is 0.261 e. The van der Waals surface area contributed by atoms with Gasteiger partial charge in [0.05, 0.1) is 22.4 Å². The van der Waals surface area contributed by atoms with Crippen LogP contribution in [0.25, 0.3) is 11.3 Å². The topological polar surface area (TPSA) is 113 Å². The van der Waals surface area contributed by atoms with E-state index in [9.17, 15) is 19.2 Å². The second kappa shape index (κ2) is 11.3. The Hall–Kier alpha value is -5.18. The number of rotatable bonds is 8. The number of anilines is 1. The van der Waals surface area contributed by atoms with E-state index in [2.05, 4.69) is 15.3 Å². The molecule has 2 aromatic carbocycles. The first-order chi connectivity index (χ1) is 19.3. The summed E-state index contributed by atoms with van der Waals surface area (Å²) in [6.45, 7) is 2.28. The van der Waals surface area contributed by atoms with Crippen LogP contribution in [0.15, 0.2) is 85.3 Å². The van der Waals surface area contributed by atoms with Crippen LogP contribution in [0, 0.1) is 6.92 Å². The molecule has 3 heterocycles. The normalized spacial score (nSPS) is 12.3. The third-order valence-corrected chi connectivity index (χ3v) is 6.86. The number of pyridine rings is 2. The molecule has 0 fully saturated rings. The first-order valence-corrected chi connectivity index (χ1v) is 12.8. The molecule has 9 nitrogen and oxygen atoms in total.